The second-order valence-electron chi connectivity index (χ2n) is 8.69. The quantitative estimate of drug-likeness (QED) is 0.461. The molecule has 5 nitrogen and oxygen atoms in total. The molecular formula is C27H28ClN3O2. The molecule has 1 aliphatic rings. The van der Waals surface area contributed by atoms with Crippen LogP contribution in [0, 0.1) is 6.92 Å². The zero-order chi connectivity index (χ0) is 23.7. The maximum absolute atomic E-state index is 12.5. The molecule has 3 aromatic carbocycles. The van der Waals surface area contributed by atoms with Gasteiger partial charge in [0.15, 0.2) is 0 Å². The van der Waals surface area contributed by atoms with Gasteiger partial charge in [0.2, 0.25) is 11.8 Å². The maximum Gasteiger partial charge on any atom is 0.224 e. The minimum Gasteiger partial charge on any atom is -0.377 e. The van der Waals surface area contributed by atoms with Gasteiger partial charge in [0.05, 0.1) is 16.8 Å². The van der Waals surface area contributed by atoms with Crippen molar-refractivity contribution in [2.45, 2.75) is 46.2 Å². The van der Waals surface area contributed by atoms with Crippen LogP contribution in [0.3, 0.4) is 0 Å². The molecule has 2 N–H and O–H groups in total. The van der Waals surface area contributed by atoms with Crippen molar-refractivity contribution in [2.75, 3.05) is 15.5 Å². The standard InChI is InChI=1S/C27H28ClN3O2/c1-16-8-10-25(24(28)12-16)30-26-13-17(2)31(19(4)33)27-11-9-21(15-23(26)27)20-6-5-7-22(14-20)29-18(3)32/h5-12,14-15,17,26,30H,13H2,1-4H3,(H,29,32)/t17-,26+/m0/s1. The zero-order valence-electron chi connectivity index (χ0n) is 19.3. The number of nitrogens with one attached hydrogen (secondary N) is 2. The molecule has 170 valence electrons. The Balaban J connectivity index is 1.77. The Labute approximate surface area is 199 Å². The fraction of sp³-hybridized carbons (Fsp3) is 0.259. The fourth-order valence-electron chi connectivity index (χ4n) is 4.56. The number of hydrogen-bond donors (Lipinski definition) is 2. The van der Waals surface area contributed by atoms with Crippen LogP contribution >= 0.6 is 11.6 Å². The predicted molar refractivity (Wildman–Crippen MR) is 136 cm³/mol. The topological polar surface area (TPSA) is 61.4 Å². The number of carbonyl (C=O) groups excluding carboxylic acids is 2. The minimum absolute atomic E-state index is 0.00992. The van der Waals surface area contributed by atoms with Crippen LogP contribution in [0.4, 0.5) is 17.1 Å². The van der Waals surface area contributed by atoms with Gasteiger partial charge < -0.3 is 15.5 Å². The van der Waals surface area contributed by atoms with Crippen molar-refractivity contribution in [3.8, 4) is 11.1 Å². The van der Waals surface area contributed by atoms with Crippen LogP contribution in [-0.4, -0.2) is 17.9 Å². The van der Waals surface area contributed by atoms with Crippen molar-refractivity contribution in [3.63, 3.8) is 0 Å². The summed E-state index contributed by atoms with van der Waals surface area (Å²) in [6.45, 7) is 7.19. The highest BCUT2D eigenvalue weighted by molar-refractivity contribution is 6.33. The van der Waals surface area contributed by atoms with E-state index in [1.807, 2.05) is 66.4 Å². The summed E-state index contributed by atoms with van der Waals surface area (Å²) in [5.74, 6) is -0.0844. The first-order chi connectivity index (χ1) is 15.7. The van der Waals surface area contributed by atoms with Crippen LogP contribution in [0.2, 0.25) is 5.02 Å². The number of carbonyl (C=O) groups is 2. The lowest BCUT2D eigenvalue weighted by Gasteiger charge is -2.40. The summed E-state index contributed by atoms with van der Waals surface area (Å²) in [7, 11) is 0. The Hall–Kier alpha value is -3.31. The second-order valence-corrected chi connectivity index (χ2v) is 9.10. The van der Waals surface area contributed by atoms with Gasteiger partial charge in [0, 0.05) is 31.3 Å². The van der Waals surface area contributed by atoms with Gasteiger partial charge in [-0.05, 0) is 78.9 Å². The molecule has 4 rings (SSSR count). The number of fused-ring (bicyclic) bond motifs is 1. The molecule has 0 saturated carbocycles. The highest BCUT2D eigenvalue weighted by Gasteiger charge is 2.33. The predicted octanol–water partition coefficient (Wildman–Crippen LogP) is 6.57. The van der Waals surface area contributed by atoms with Crippen molar-refractivity contribution in [1.82, 2.24) is 0 Å². The van der Waals surface area contributed by atoms with Crippen LogP contribution in [0.5, 0.6) is 0 Å². The summed E-state index contributed by atoms with van der Waals surface area (Å²) >= 11 is 6.52. The van der Waals surface area contributed by atoms with Gasteiger partial charge in [-0.15, -0.1) is 0 Å². The number of hydrogen-bond acceptors (Lipinski definition) is 3. The normalized spacial score (nSPS) is 17.3. The lowest BCUT2D eigenvalue weighted by atomic mass is 9.88. The van der Waals surface area contributed by atoms with E-state index in [1.165, 1.54) is 6.92 Å². The molecule has 0 spiro atoms. The van der Waals surface area contributed by atoms with Gasteiger partial charge in [-0.25, -0.2) is 0 Å². The van der Waals surface area contributed by atoms with Crippen LogP contribution in [0.25, 0.3) is 11.1 Å². The number of aryl methyl sites for hydroxylation is 1. The Morgan fingerprint density at radius 3 is 2.45 bits per heavy atom. The number of halogens is 1. The van der Waals surface area contributed by atoms with Crippen molar-refractivity contribution < 1.29 is 9.59 Å². The number of benzene rings is 3. The first-order valence-electron chi connectivity index (χ1n) is 11.1. The third-order valence-electron chi connectivity index (χ3n) is 5.99. The van der Waals surface area contributed by atoms with E-state index < -0.39 is 0 Å². The van der Waals surface area contributed by atoms with Gasteiger partial charge >= 0.3 is 0 Å². The van der Waals surface area contributed by atoms with Crippen molar-refractivity contribution in [1.29, 1.82) is 0 Å². The van der Waals surface area contributed by atoms with Crippen LogP contribution in [-0.2, 0) is 9.59 Å². The minimum atomic E-state index is -0.108. The van der Waals surface area contributed by atoms with Crippen LogP contribution in [0.15, 0.2) is 60.7 Å². The zero-order valence-corrected chi connectivity index (χ0v) is 20.0. The monoisotopic (exact) mass is 461 g/mol. The van der Waals surface area contributed by atoms with E-state index in [-0.39, 0.29) is 23.9 Å². The molecule has 0 saturated heterocycles. The number of nitrogens with zero attached hydrogens (tertiary/aromatic N) is 1. The molecule has 1 heterocycles. The second kappa shape index (κ2) is 9.28. The number of anilines is 3. The highest BCUT2D eigenvalue weighted by Crippen LogP contribution is 2.42. The van der Waals surface area contributed by atoms with Gasteiger partial charge in [0.25, 0.3) is 0 Å². The molecule has 0 aromatic heterocycles. The SMILES string of the molecule is CC(=O)Nc1cccc(-c2ccc3c(c2)[C@H](Nc2ccc(C)cc2Cl)C[C@H](C)N3C(C)=O)c1. The molecular weight excluding hydrogens is 434 g/mol. The van der Waals surface area contributed by atoms with Gasteiger partial charge in [-0.3, -0.25) is 9.59 Å². The van der Waals surface area contributed by atoms with E-state index in [1.54, 1.807) is 6.92 Å². The van der Waals surface area contributed by atoms with E-state index in [2.05, 4.69) is 23.6 Å². The van der Waals surface area contributed by atoms with Crippen molar-refractivity contribution in [2.24, 2.45) is 0 Å². The van der Waals surface area contributed by atoms with E-state index in [9.17, 15) is 9.59 Å². The number of amides is 2. The van der Waals surface area contributed by atoms with Gasteiger partial charge in [-0.2, -0.15) is 0 Å². The molecule has 0 radical (unpaired) electrons. The average molecular weight is 462 g/mol. The van der Waals surface area contributed by atoms with Gasteiger partial charge in [-0.1, -0.05) is 35.9 Å². The maximum atomic E-state index is 12.5. The Morgan fingerprint density at radius 2 is 1.76 bits per heavy atom. The van der Waals surface area contributed by atoms with Crippen molar-refractivity contribution in [3.05, 3.63) is 76.8 Å². The molecule has 0 bridgehead atoms. The summed E-state index contributed by atoms with van der Waals surface area (Å²) in [5.41, 5.74) is 6.68. The molecule has 6 heteroatoms. The molecule has 1 aliphatic heterocycles. The Morgan fingerprint density at radius 1 is 1.00 bits per heavy atom. The largest absolute Gasteiger partial charge is 0.377 e. The third kappa shape index (κ3) is 4.88. The molecule has 0 aliphatic carbocycles. The molecule has 3 aromatic rings. The first kappa shape index (κ1) is 22.9. The lowest BCUT2D eigenvalue weighted by molar-refractivity contribution is -0.117. The smallest absolute Gasteiger partial charge is 0.224 e. The Bertz CT molecular complexity index is 1220. The van der Waals surface area contributed by atoms with Gasteiger partial charge in [0.1, 0.15) is 0 Å². The summed E-state index contributed by atoms with van der Waals surface area (Å²) in [6, 6.07) is 19.9. The molecule has 2 amide bonds. The molecule has 2 atom stereocenters. The highest BCUT2D eigenvalue weighted by atomic mass is 35.5. The summed E-state index contributed by atoms with van der Waals surface area (Å²) in [4.78, 5) is 25.8. The van der Waals surface area contributed by atoms with E-state index >= 15 is 0 Å². The molecule has 0 unspecified atom stereocenters. The van der Waals surface area contributed by atoms with E-state index in [0.717, 1.165) is 45.7 Å². The average Bonchev–Trinajstić information content (AvgIpc) is 2.75. The van der Waals surface area contributed by atoms with E-state index in [4.69, 9.17) is 11.6 Å². The number of rotatable bonds is 4. The van der Waals surface area contributed by atoms with Crippen molar-refractivity contribution >= 4 is 40.5 Å². The summed E-state index contributed by atoms with van der Waals surface area (Å²) < 4.78 is 0. The summed E-state index contributed by atoms with van der Waals surface area (Å²) in [6.07, 6.45) is 0.756. The molecule has 0 fully saturated rings. The first-order valence-corrected chi connectivity index (χ1v) is 11.4. The third-order valence-corrected chi connectivity index (χ3v) is 6.30. The summed E-state index contributed by atoms with van der Waals surface area (Å²) in [5, 5.41) is 7.13. The van der Waals surface area contributed by atoms with Crippen LogP contribution in [0.1, 0.15) is 44.4 Å². The fourth-order valence-corrected chi connectivity index (χ4v) is 4.85. The lowest BCUT2D eigenvalue weighted by Crippen LogP contribution is -2.43. The Kier molecular flexibility index (Phi) is 6.43. The van der Waals surface area contributed by atoms with Crippen LogP contribution < -0.4 is 15.5 Å². The van der Waals surface area contributed by atoms with E-state index in [0.29, 0.717) is 5.02 Å². The molecule has 33 heavy (non-hydrogen) atoms.